The van der Waals surface area contributed by atoms with Crippen LogP contribution in [0, 0.1) is 11.7 Å². The van der Waals surface area contributed by atoms with Crippen molar-refractivity contribution in [2.75, 3.05) is 6.54 Å². The van der Waals surface area contributed by atoms with Gasteiger partial charge in [-0.1, -0.05) is 43.0 Å². The summed E-state index contributed by atoms with van der Waals surface area (Å²) < 4.78 is 13.5. The first-order chi connectivity index (χ1) is 7.77. The fraction of sp³-hybridized carbons (Fsp3) is 0.538. The smallest absolute Gasteiger partial charge is 0.146 e. The van der Waals surface area contributed by atoms with Gasteiger partial charge in [0.25, 0.3) is 0 Å². The maximum absolute atomic E-state index is 13.5. The van der Waals surface area contributed by atoms with E-state index in [4.69, 9.17) is 11.6 Å². The number of hydrogen-bond donors (Lipinski definition) is 1. The zero-order valence-corrected chi connectivity index (χ0v) is 10.1. The minimum Gasteiger partial charge on any atom is -0.313 e. The van der Waals surface area contributed by atoms with Crippen LogP contribution in [0.2, 0.25) is 5.02 Å². The lowest BCUT2D eigenvalue weighted by atomic mass is 9.83. The Kier molecular flexibility index (Phi) is 4.19. The molecular formula is C13H17ClFN. The molecule has 1 nitrogen and oxygen atoms in total. The molecule has 0 heterocycles. The van der Waals surface area contributed by atoms with Gasteiger partial charge in [-0.05, 0) is 24.9 Å². The zero-order chi connectivity index (χ0) is 11.4. The Bertz CT molecular complexity index is 350. The highest BCUT2D eigenvalue weighted by molar-refractivity contribution is 6.30. The van der Waals surface area contributed by atoms with Crippen LogP contribution in [-0.2, 0) is 6.54 Å². The van der Waals surface area contributed by atoms with Gasteiger partial charge in [-0.25, -0.2) is 4.39 Å². The van der Waals surface area contributed by atoms with Crippen LogP contribution in [0.25, 0.3) is 0 Å². The van der Waals surface area contributed by atoms with Gasteiger partial charge in [0.15, 0.2) is 0 Å². The van der Waals surface area contributed by atoms with E-state index in [-0.39, 0.29) is 10.8 Å². The van der Waals surface area contributed by atoms with Crippen LogP contribution in [0.15, 0.2) is 18.2 Å². The Balaban J connectivity index is 1.73. The molecule has 0 spiro atoms. The molecule has 1 aliphatic carbocycles. The van der Waals surface area contributed by atoms with Crippen LogP contribution in [0.4, 0.5) is 4.39 Å². The lowest BCUT2D eigenvalue weighted by molar-refractivity contribution is 0.292. The van der Waals surface area contributed by atoms with Crippen LogP contribution in [0.5, 0.6) is 0 Å². The second-order valence-electron chi connectivity index (χ2n) is 4.48. The van der Waals surface area contributed by atoms with E-state index in [9.17, 15) is 4.39 Å². The highest BCUT2D eigenvalue weighted by atomic mass is 35.5. The van der Waals surface area contributed by atoms with Gasteiger partial charge in [-0.3, -0.25) is 0 Å². The third-order valence-electron chi connectivity index (χ3n) is 3.30. The fourth-order valence-corrected chi connectivity index (χ4v) is 2.19. The summed E-state index contributed by atoms with van der Waals surface area (Å²) in [5, 5.41) is 3.48. The molecule has 0 bridgehead atoms. The quantitative estimate of drug-likeness (QED) is 0.774. The molecule has 1 aromatic carbocycles. The summed E-state index contributed by atoms with van der Waals surface area (Å²) in [4.78, 5) is 0. The van der Waals surface area contributed by atoms with Crippen molar-refractivity contribution in [2.24, 2.45) is 5.92 Å². The molecule has 1 N–H and O–H groups in total. The third-order valence-corrected chi connectivity index (χ3v) is 3.59. The van der Waals surface area contributed by atoms with Crippen LogP contribution in [-0.4, -0.2) is 6.54 Å². The van der Waals surface area contributed by atoms with Gasteiger partial charge in [0.05, 0.1) is 5.02 Å². The third kappa shape index (κ3) is 2.96. The van der Waals surface area contributed by atoms with Gasteiger partial charge in [0, 0.05) is 12.1 Å². The SMILES string of the molecule is Fc1c(Cl)cccc1CNCCC1CCC1. The minimum absolute atomic E-state index is 0.207. The van der Waals surface area contributed by atoms with Crippen molar-refractivity contribution in [3.8, 4) is 0 Å². The summed E-state index contributed by atoms with van der Waals surface area (Å²) in [6, 6.07) is 5.14. The predicted octanol–water partition coefficient (Wildman–Crippen LogP) is 3.76. The molecule has 1 aromatic rings. The van der Waals surface area contributed by atoms with Crippen molar-refractivity contribution in [3.63, 3.8) is 0 Å². The Morgan fingerprint density at radius 1 is 1.38 bits per heavy atom. The van der Waals surface area contributed by atoms with E-state index in [0.717, 1.165) is 12.5 Å². The maximum Gasteiger partial charge on any atom is 0.146 e. The molecule has 0 aromatic heterocycles. The predicted molar refractivity (Wildman–Crippen MR) is 65.1 cm³/mol. The van der Waals surface area contributed by atoms with Gasteiger partial charge in [0.2, 0.25) is 0 Å². The summed E-state index contributed by atoms with van der Waals surface area (Å²) in [6.45, 7) is 1.54. The summed E-state index contributed by atoms with van der Waals surface area (Å²) >= 11 is 5.71. The number of rotatable bonds is 5. The minimum atomic E-state index is -0.291. The molecule has 16 heavy (non-hydrogen) atoms. The number of hydrogen-bond acceptors (Lipinski definition) is 1. The van der Waals surface area contributed by atoms with Crippen molar-refractivity contribution < 1.29 is 4.39 Å². The first-order valence-electron chi connectivity index (χ1n) is 5.91. The molecule has 0 aliphatic heterocycles. The largest absolute Gasteiger partial charge is 0.313 e. The fourth-order valence-electron chi connectivity index (χ4n) is 2.00. The van der Waals surface area contributed by atoms with Gasteiger partial charge in [-0.15, -0.1) is 0 Å². The van der Waals surface area contributed by atoms with Crippen molar-refractivity contribution >= 4 is 11.6 Å². The van der Waals surface area contributed by atoms with Crippen LogP contribution in [0.3, 0.4) is 0 Å². The highest BCUT2D eigenvalue weighted by Crippen LogP contribution is 2.28. The Morgan fingerprint density at radius 2 is 2.19 bits per heavy atom. The Hall–Kier alpha value is -0.600. The normalized spacial score (nSPS) is 16.1. The van der Waals surface area contributed by atoms with Gasteiger partial charge >= 0.3 is 0 Å². The second-order valence-corrected chi connectivity index (χ2v) is 4.88. The van der Waals surface area contributed by atoms with E-state index >= 15 is 0 Å². The topological polar surface area (TPSA) is 12.0 Å². The monoisotopic (exact) mass is 241 g/mol. The molecule has 1 aliphatic rings. The summed E-state index contributed by atoms with van der Waals surface area (Å²) in [5.74, 6) is 0.608. The molecule has 0 amide bonds. The summed E-state index contributed by atoms with van der Waals surface area (Å²) in [7, 11) is 0. The standard InChI is InChI=1S/C13H17ClFN/c14-12-6-2-5-11(13(12)15)9-16-8-7-10-3-1-4-10/h2,5-6,10,16H,1,3-4,7-9H2. The number of halogens is 2. The van der Waals surface area contributed by atoms with Crippen molar-refractivity contribution in [2.45, 2.75) is 32.2 Å². The molecule has 0 unspecified atom stereocenters. The molecule has 1 fully saturated rings. The molecule has 0 atom stereocenters. The zero-order valence-electron chi connectivity index (χ0n) is 9.31. The van der Waals surface area contributed by atoms with E-state index in [2.05, 4.69) is 5.32 Å². The lowest BCUT2D eigenvalue weighted by Crippen LogP contribution is -2.21. The molecule has 0 saturated heterocycles. The first kappa shape index (κ1) is 11.9. The van der Waals surface area contributed by atoms with Crippen LogP contribution < -0.4 is 5.32 Å². The summed E-state index contributed by atoms with van der Waals surface area (Å²) in [6.07, 6.45) is 5.33. The molecule has 88 valence electrons. The average molecular weight is 242 g/mol. The number of benzene rings is 1. The summed E-state index contributed by atoms with van der Waals surface area (Å²) in [5.41, 5.74) is 0.654. The maximum atomic E-state index is 13.5. The average Bonchev–Trinajstić information content (AvgIpc) is 2.21. The van der Waals surface area contributed by atoms with Gasteiger partial charge in [0.1, 0.15) is 5.82 Å². The Morgan fingerprint density at radius 3 is 2.88 bits per heavy atom. The lowest BCUT2D eigenvalue weighted by Gasteiger charge is -2.25. The van der Waals surface area contributed by atoms with Gasteiger partial charge < -0.3 is 5.32 Å². The number of nitrogens with one attached hydrogen (secondary N) is 1. The Labute approximate surface area is 101 Å². The molecular weight excluding hydrogens is 225 g/mol. The van der Waals surface area contributed by atoms with Gasteiger partial charge in [-0.2, -0.15) is 0 Å². The van der Waals surface area contributed by atoms with E-state index < -0.39 is 0 Å². The molecule has 0 radical (unpaired) electrons. The van der Waals surface area contributed by atoms with Crippen molar-refractivity contribution in [1.82, 2.24) is 5.32 Å². The first-order valence-corrected chi connectivity index (χ1v) is 6.29. The van der Waals surface area contributed by atoms with Crippen LogP contribution in [0.1, 0.15) is 31.2 Å². The van der Waals surface area contributed by atoms with E-state index in [0.29, 0.717) is 12.1 Å². The van der Waals surface area contributed by atoms with E-state index in [1.807, 2.05) is 0 Å². The highest BCUT2D eigenvalue weighted by Gasteiger charge is 2.16. The van der Waals surface area contributed by atoms with Crippen molar-refractivity contribution in [3.05, 3.63) is 34.6 Å². The molecule has 1 saturated carbocycles. The second kappa shape index (κ2) is 5.65. The molecule has 2 rings (SSSR count). The molecule has 3 heteroatoms. The van der Waals surface area contributed by atoms with Crippen LogP contribution >= 0.6 is 11.6 Å². The van der Waals surface area contributed by atoms with E-state index in [1.54, 1.807) is 18.2 Å². The van der Waals surface area contributed by atoms with Crippen molar-refractivity contribution in [1.29, 1.82) is 0 Å². The van der Waals surface area contributed by atoms with E-state index in [1.165, 1.54) is 25.7 Å².